The van der Waals surface area contributed by atoms with Crippen LogP contribution in [-0.2, 0) is 4.79 Å². The van der Waals surface area contributed by atoms with E-state index in [9.17, 15) is 4.79 Å². The summed E-state index contributed by atoms with van der Waals surface area (Å²) in [5, 5.41) is 11.6. The molecule has 0 atom stereocenters. The largest absolute Gasteiger partial charge is 0.409 e. The fourth-order valence-corrected chi connectivity index (χ4v) is 2.34. The first-order valence-corrected chi connectivity index (χ1v) is 7.02. The van der Waals surface area contributed by atoms with Gasteiger partial charge in [0.2, 0.25) is 5.91 Å². The summed E-state index contributed by atoms with van der Waals surface area (Å²) in [6.07, 6.45) is 4.48. The molecule has 1 amide bonds. The molecule has 0 aromatic heterocycles. The summed E-state index contributed by atoms with van der Waals surface area (Å²) in [6, 6.07) is 9.54. The molecule has 0 saturated heterocycles. The van der Waals surface area contributed by atoms with Crippen LogP contribution in [0.5, 0.6) is 0 Å². The zero-order valence-corrected chi connectivity index (χ0v) is 11.5. The van der Waals surface area contributed by atoms with Crippen LogP contribution in [0.15, 0.2) is 35.5 Å². The molecule has 0 spiro atoms. The molecule has 1 aliphatic rings. The Balaban J connectivity index is 2.04. The minimum absolute atomic E-state index is 0.117. The number of amides is 1. The molecule has 0 radical (unpaired) electrons. The van der Waals surface area contributed by atoms with Crippen molar-refractivity contribution in [3.63, 3.8) is 0 Å². The second-order valence-corrected chi connectivity index (χ2v) is 5.22. The molecule has 108 valence electrons. The van der Waals surface area contributed by atoms with Crippen LogP contribution in [0.25, 0.3) is 0 Å². The number of nitrogens with two attached hydrogens (primary N) is 1. The number of carbonyl (C=O) groups excluding carboxylic acids is 1. The number of nitrogens with zero attached hydrogens (tertiary/aromatic N) is 2. The molecule has 1 aromatic rings. The summed E-state index contributed by atoms with van der Waals surface area (Å²) in [4.78, 5) is 14.2. The van der Waals surface area contributed by atoms with Crippen LogP contribution in [0.4, 0.5) is 5.69 Å². The minimum Gasteiger partial charge on any atom is -0.409 e. The van der Waals surface area contributed by atoms with E-state index in [0.717, 1.165) is 18.5 Å². The highest BCUT2D eigenvalue weighted by atomic mass is 16.4. The number of oxime groups is 1. The lowest BCUT2D eigenvalue weighted by Crippen LogP contribution is -2.36. The Bertz CT molecular complexity index is 469. The van der Waals surface area contributed by atoms with E-state index in [-0.39, 0.29) is 11.7 Å². The number of rotatable bonds is 6. The maximum atomic E-state index is 12.4. The standard InChI is InChI=1S/C15H21N3O2/c16-14(17-20)9-10-18(13-7-2-1-3-8-13)15(19)11-12-5-4-6-12/h1-3,7-8,12,20H,4-6,9-11H2,(H2,16,17). The lowest BCUT2D eigenvalue weighted by atomic mass is 9.82. The number of amidine groups is 1. The molecular formula is C15H21N3O2. The molecule has 5 nitrogen and oxygen atoms in total. The highest BCUT2D eigenvalue weighted by Gasteiger charge is 2.24. The summed E-state index contributed by atoms with van der Waals surface area (Å²) < 4.78 is 0. The van der Waals surface area contributed by atoms with Crippen LogP contribution in [0.3, 0.4) is 0 Å². The van der Waals surface area contributed by atoms with Gasteiger partial charge in [-0.05, 0) is 30.9 Å². The lowest BCUT2D eigenvalue weighted by molar-refractivity contribution is -0.120. The van der Waals surface area contributed by atoms with Gasteiger partial charge in [-0.1, -0.05) is 29.8 Å². The second-order valence-electron chi connectivity index (χ2n) is 5.22. The molecule has 0 heterocycles. The Hall–Kier alpha value is -2.04. The van der Waals surface area contributed by atoms with Crippen molar-refractivity contribution < 1.29 is 10.0 Å². The molecule has 20 heavy (non-hydrogen) atoms. The molecule has 1 saturated carbocycles. The average Bonchev–Trinajstić information content (AvgIpc) is 2.44. The molecule has 1 fully saturated rings. The van der Waals surface area contributed by atoms with E-state index in [0.29, 0.717) is 25.3 Å². The Morgan fingerprint density at radius 1 is 1.35 bits per heavy atom. The first-order valence-electron chi connectivity index (χ1n) is 7.02. The second kappa shape index (κ2) is 6.93. The fraction of sp³-hybridized carbons (Fsp3) is 0.467. The third-order valence-corrected chi connectivity index (χ3v) is 3.78. The minimum atomic E-state index is 0.117. The van der Waals surface area contributed by atoms with E-state index in [1.165, 1.54) is 6.42 Å². The van der Waals surface area contributed by atoms with Crippen LogP contribution >= 0.6 is 0 Å². The number of benzene rings is 1. The number of hydrogen-bond donors (Lipinski definition) is 2. The monoisotopic (exact) mass is 275 g/mol. The maximum absolute atomic E-state index is 12.4. The number of para-hydroxylation sites is 1. The van der Waals surface area contributed by atoms with Crippen molar-refractivity contribution in [2.24, 2.45) is 16.8 Å². The van der Waals surface area contributed by atoms with Gasteiger partial charge in [-0.2, -0.15) is 0 Å². The third kappa shape index (κ3) is 3.73. The van der Waals surface area contributed by atoms with Crippen LogP contribution in [-0.4, -0.2) is 23.5 Å². The predicted molar refractivity (Wildman–Crippen MR) is 78.8 cm³/mol. The van der Waals surface area contributed by atoms with Crippen LogP contribution in [0.1, 0.15) is 32.1 Å². The van der Waals surface area contributed by atoms with Crippen LogP contribution in [0, 0.1) is 5.92 Å². The van der Waals surface area contributed by atoms with Gasteiger partial charge in [-0.15, -0.1) is 0 Å². The molecule has 5 heteroatoms. The highest BCUT2D eigenvalue weighted by Crippen LogP contribution is 2.30. The molecule has 3 N–H and O–H groups in total. The van der Waals surface area contributed by atoms with E-state index in [1.54, 1.807) is 4.90 Å². The molecule has 1 aromatic carbocycles. The topological polar surface area (TPSA) is 78.9 Å². The Labute approximate surface area is 119 Å². The van der Waals surface area contributed by atoms with Crippen molar-refractivity contribution in [1.29, 1.82) is 0 Å². The molecule has 1 aliphatic carbocycles. The smallest absolute Gasteiger partial charge is 0.227 e. The lowest BCUT2D eigenvalue weighted by Gasteiger charge is -2.29. The van der Waals surface area contributed by atoms with Gasteiger partial charge in [0, 0.05) is 25.1 Å². The average molecular weight is 275 g/mol. The van der Waals surface area contributed by atoms with Gasteiger partial charge in [0.25, 0.3) is 0 Å². The van der Waals surface area contributed by atoms with Gasteiger partial charge in [-0.25, -0.2) is 0 Å². The summed E-state index contributed by atoms with van der Waals surface area (Å²) in [6.45, 7) is 0.436. The number of anilines is 1. The zero-order valence-electron chi connectivity index (χ0n) is 11.5. The van der Waals surface area contributed by atoms with Crippen molar-refractivity contribution in [1.82, 2.24) is 0 Å². The summed E-state index contributed by atoms with van der Waals surface area (Å²) in [5.74, 6) is 0.784. The first kappa shape index (κ1) is 14.4. The highest BCUT2D eigenvalue weighted by molar-refractivity contribution is 5.94. The van der Waals surface area contributed by atoms with Crippen molar-refractivity contribution in [3.8, 4) is 0 Å². The van der Waals surface area contributed by atoms with Gasteiger partial charge < -0.3 is 15.8 Å². The van der Waals surface area contributed by atoms with Crippen molar-refractivity contribution >= 4 is 17.4 Å². The van der Waals surface area contributed by atoms with Crippen molar-refractivity contribution in [2.75, 3.05) is 11.4 Å². The van der Waals surface area contributed by atoms with Gasteiger partial charge in [-0.3, -0.25) is 4.79 Å². The molecular weight excluding hydrogens is 254 g/mol. The molecule has 0 aliphatic heterocycles. The van der Waals surface area contributed by atoms with E-state index >= 15 is 0 Å². The summed E-state index contributed by atoms with van der Waals surface area (Å²) in [7, 11) is 0. The zero-order chi connectivity index (χ0) is 14.4. The molecule has 2 rings (SSSR count). The van der Waals surface area contributed by atoms with E-state index in [4.69, 9.17) is 10.9 Å². The maximum Gasteiger partial charge on any atom is 0.227 e. The summed E-state index contributed by atoms with van der Waals surface area (Å²) >= 11 is 0. The SMILES string of the molecule is N/C(CCN(C(=O)CC1CCC1)c1ccccc1)=N/O. The first-order chi connectivity index (χ1) is 9.70. The van der Waals surface area contributed by atoms with E-state index in [2.05, 4.69) is 5.16 Å². The van der Waals surface area contributed by atoms with Gasteiger partial charge in [0.15, 0.2) is 0 Å². The van der Waals surface area contributed by atoms with Crippen molar-refractivity contribution in [2.45, 2.75) is 32.1 Å². The Morgan fingerprint density at radius 3 is 2.60 bits per heavy atom. The quantitative estimate of drug-likeness (QED) is 0.362. The number of hydrogen-bond acceptors (Lipinski definition) is 3. The fourth-order valence-electron chi connectivity index (χ4n) is 2.34. The van der Waals surface area contributed by atoms with E-state index < -0.39 is 0 Å². The normalized spacial score (nSPS) is 15.7. The molecule has 0 unspecified atom stereocenters. The van der Waals surface area contributed by atoms with Crippen LogP contribution in [0.2, 0.25) is 0 Å². The van der Waals surface area contributed by atoms with E-state index in [1.807, 2.05) is 30.3 Å². The van der Waals surface area contributed by atoms with Crippen LogP contribution < -0.4 is 10.6 Å². The Morgan fingerprint density at radius 2 is 2.05 bits per heavy atom. The van der Waals surface area contributed by atoms with Gasteiger partial charge >= 0.3 is 0 Å². The third-order valence-electron chi connectivity index (χ3n) is 3.78. The van der Waals surface area contributed by atoms with Gasteiger partial charge in [0.05, 0.1) is 0 Å². The number of carbonyl (C=O) groups is 1. The molecule has 0 bridgehead atoms. The summed E-state index contributed by atoms with van der Waals surface area (Å²) in [5.41, 5.74) is 6.36. The van der Waals surface area contributed by atoms with Crippen molar-refractivity contribution in [3.05, 3.63) is 30.3 Å². The predicted octanol–water partition coefficient (Wildman–Crippen LogP) is 2.35. The Kier molecular flexibility index (Phi) is 4.98. The van der Waals surface area contributed by atoms with Gasteiger partial charge in [0.1, 0.15) is 5.84 Å².